The lowest BCUT2D eigenvalue weighted by atomic mass is 10.0. The molecule has 0 radical (unpaired) electrons. The number of nitrogens with zero attached hydrogens (tertiary/aromatic N) is 2. The Kier molecular flexibility index (Phi) is 6.82. The molecule has 0 aliphatic carbocycles. The Labute approximate surface area is 201 Å². The van der Waals surface area contributed by atoms with E-state index < -0.39 is 35.2 Å². The molecule has 4 aromatic rings. The molecule has 0 saturated heterocycles. The molecule has 0 aliphatic heterocycles. The predicted molar refractivity (Wildman–Crippen MR) is 120 cm³/mol. The molecule has 0 spiro atoms. The molecule has 11 heteroatoms. The third-order valence-corrected chi connectivity index (χ3v) is 5.00. The van der Waals surface area contributed by atoms with Gasteiger partial charge in [0.2, 0.25) is 5.88 Å². The van der Waals surface area contributed by atoms with Crippen molar-refractivity contribution in [3.8, 4) is 22.8 Å². The first kappa shape index (κ1) is 24.6. The average Bonchev–Trinajstić information content (AvgIpc) is 2.85. The summed E-state index contributed by atoms with van der Waals surface area (Å²) in [5.41, 5.74) is -0.339. The molecule has 0 amide bonds. The topological polar surface area (TPSA) is 73.3 Å². The van der Waals surface area contributed by atoms with Gasteiger partial charge in [0.1, 0.15) is 22.9 Å². The lowest BCUT2D eigenvalue weighted by molar-refractivity contribution is -0.138. The highest BCUT2D eigenvalue weighted by Gasteiger charge is 2.35. The zero-order valence-corrected chi connectivity index (χ0v) is 18.4. The van der Waals surface area contributed by atoms with Gasteiger partial charge in [-0.2, -0.15) is 13.2 Å². The van der Waals surface area contributed by atoms with Gasteiger partial charge in [-0.3, -0.25) is 4.98 Å². The number of halogens is 5. The molecule has 4 rings (SSSR count). The first-order valence-electron chi connectivity index (χ1n) is 10.3. The molecule has 0 unspecified atom stereocenters. The lowest BCUT2D eigenvalue weighted by Crippen LogP contribution is -2.09. The smallest absolute Gasteiger partial charge is 0.421 e. The lowest BCUT2D eigenvalue weighted by Gasteiger charge is -2.16. The molecule has 0 fully saturated rings. The molecule has 2 heterocycles. The van der Waals surface area contributed by atoms with E-state index in [9.17, 15) is 26.7 Å². The summed E-state index contributed by atoms with van der Waals surface area (Å²) in [5.74, 6) is -3.18. The van der Waals surface area contributed by atoms with Crippen molar-refractivity contribution in [3.63, 3.8) is 0 Å². The van der Waals surface area contributed by atoms with Gasteiger partial charge in [0, 0.05) is 29.6 Å². The highest BCUT2D eigenvalue weighted by Crippen LogP contribution is 2.38. The minimum absolute atomic E-state index is 0.0794. The van der Waals surface area contributed by atoms with Crippen LogP contribution in [0.15, 0.2) is 73.2 Å². The van der Waals surface area contributed by atoms with E-state index >= 15 is 0 Å². The number of benzene rings is 2. The number of esters is 1. The molecule has 184 valence electrons. The maximum Gasteiger partial charge on any atom is 0.421 e. The van der Waals surface area contributed by atoms with Crippen LogP contribution in [0.4, 0.5) is 33.3 Å². The van der Waals surface area contributed by atoms with Crippen molar-refractivity contribution in [3.05, 3.63) is 95.9 Å². The number of hydrogen-bond acceptors (Lipinski definition) is 6. The Bertz CT molecular complexity index is 1430. The van der Waals surface area contributed by atoms with Crippen LogP contribution < -0.4 is 10.1 Å². The molecule has 6 nitrogen and oxygen atoms in total. The summed E-state index contributed by atoms with van der Waals surface area (Å²) in [6.07, 6.45) is -0.789. The largest absolute Gasteiger partial charge is 0.465 e. The van der Waals surface area contributed by atoms with Crippen molar-refractivity contribution < 1.29 is 36.2 Å². The standard InChI is InChI=1S/C25H16F5N3O3/c1-35-24(34)18-12-15(36-23-19(25(28,29)30)3-2-9-32-23)5-7-21(18)33-22-13-31-10-8-17(22)16-6-4-14(26)11-20(16)27/h2-13,33H,1H3. The van der Waals surface area contributed by atoms with Crippen LogP contribution in [0.25, 0.3) is 11.1 Å². The highest BCUT2D eigenvalue weighted by molar-refractivity contribution is 5.97. The number of carbonyl (C=O) groups is 1. The highest BCUT2D eigenvalue weighted by atomic mass is 19.4. The molecule has 0 atom stereocenters. The van der Waals surface area contributed by atoms with Crippen LogP contribution in [0, 0.1) is 11.6 Å². The Morgan fingerprint density at radius 1 is 0.944 bits per heavy atom. The Balaban J connectivity index is 1.72. The van der Waals surface area contributed by atoms with Crippen molar-refractivity contribution in [1.29, 1.82) is 0 Å². The van der Waals surface area contributed by atoms with Crippen LogP contribution in [0.5, 0.6) is 11.6 Å². The van der Waals surface area contributed by atoms with E-state index in [4.69, 9.17) is 9.47 Å². The molecular weight excluding hydrogens is 485 g/mol. The third-order valence-electron chi connectivity index (χ3n) is 5.00. The molecular formula is C25H16F5N3O3. The minimum Gasteiger partial charge on any atom is -0.465 e. The number of aromatic nitrogens is 2. The van der Waals surface area contributed by atoms with E-state index in [1.165, 1.54) is 42.7 Å². The van der Waals surface area contributed by atoms with E-state index in [1.807, 2.05) is 0 Å². The number of methoxy groups -OCH3 is 1. The van der Waals surface area contributed by atoms with E-state index in [-0.39, 0.29) is 28.3 Å². The predicted octanol–water partition coefficient (Wildman–Crippen LogP) is 6.76. The summed E-state index contributed by atoms with van der Waals surface area (Å²) in [6.45, 7) is 0. The third kappa shape index (κ3) is 5.24. The van der Waals surface area contributed by atoms with Gasteiger partial charge in [0.25, 0.3) is 0 Å². The number of ether oxygens (including phenoxy) is 2. The maximum absolute atomic E-state index is 14.4. The van der Waals surface area contributed by atoms with Crippen molar-refractivity contribution in [1.82, 2.24) is 9.97 Å². The van der Waals surface area contributed by atoms with Gasteiger partial charge >= 0.3 is 12.1 Å². The first-order valence-corrected chi connectivity index (χ1v) is 10.3. The number of nitrogens with one attached hydrogen (secondary N) is 1. The van der Waals surface area contributed by atoms with Gasteiger partial charge in [0.15, 0.2) is 0 Å². The Morgan fingerprint density at radius 3 is 2.47 bits per heavy atom. The van der Waals surface area contributed by atoms with Gasteiger partial charge in [-0.05, 0) is 48.5 Å². The number of rotatable bonds is 6. The summed E-state index contributed by atoms with van der Waals surface area (Å²) in [6, 6.07) is 10.4. The van der Waals surface area contributed by atoms with Crippen molar-refractivity contribution in [2.75, 3.05) is 12.4 Å². The Hall–Kier alpha value is -4.54. The zero-order valence-electron chi connectivity index (χ0n) is 18.4. The molecule has 0 bridgehead atoms. The van der Waals surface area contributed by atoms with Crippen LogP contribution in [-0.4, -0.2) is 23.0 Å². The van der Waals surface area contributed by atoms with Gasteiger partial charge < -0.3 is 14.8 Å². The number of hydrogen-bond donors (Lipinski definition) is 1. The first-order chi connectivity index (χ1) is 17.2. The summed E-state index contributed by atoms with van der Waals surface area (Å²) in [7, 11) is 1.13. The van der Waals surface area contributed by atoms with Crippen LogP contribution in [0.3, 0.4) is 0 Å². The van der Waals surface area contributed by atoms with Crippen LogP contribution in [0.2, 0.25) is 0 Å². The van der Waals surface area contributed by atoms with Gasteiger partial charge in [-0.25, -0.2) is 18.6 Å². The average molecular weight is 501 g/mol. The molecule has 1 N–H and O–H groups in total. The number of anilines is 2. The van der Waals surface area contributed by atoms with Gasteiger partial charge in [-0.1, -0.05) is 0 Å². The minimum atomic E-state index is -4.71. The monoisotopic (exact) mass is 501 g/mol. The number of alkyl halides is 3. The van der Waals surface area contributed by atoms with E-state index in [0.717, 1.165) is 37.6 Å². The van der Waals surface area contributed by atoms with Crippen molar-refractivity contribution in [2.45, 2.75) is 6.18 Å². The second-order valence-electron chi connectivity index (χ2n) is 7.33. The summed E-state index contributed by atoms with van der Waals surface area (Å²) in [4.78, 5) is 20.1. The van der Waals surface area contributed by atoms with E-state index in [2.05, 4.69) is 15.3 Å². The summed E-state index contributed by atoms with van der Waals surface area (Å²) < 4.78 is 77.8. The molecule has 0 saturated carbocycles. The van der Waals surface area contributed by atoms with Crippen LogP contribution in [-0.2, 0) is 10.9 Å². The molecule has 2 aromatic heterocycles. The quantitative estimate of drug-likeness (QED) is 0.232. The second kappa shape index (κ2) is 9.98. The van der Waals surface area contributed by atoms with Gasteiger partial charge in [-0.15, -0.1) is 0 Å². The normalized spacial score (nSPS) is 11.2. The van der Waals surface area contributed by atoms with E-state index in [1.54, 1.807) is 0 Å². The second-order valence-corrected chi connectivity index (χ2v) is 7.33. The number of pyridine rings is 2. The van der Waals surface area contributed by atoms with Crippen LogP contribution in [0.1, 0.15) is 15.9 Å². The van der Waals surface area contributed by atoms with Crippen molar-refractivity contribution in [2.24, 2.45) is 0 Å². The molecule has 0 aliphatic rings. The summed E-state index contributed by atoms with van der Waals surface area (Å²) in [5, 5.41) is 2.95. The summed E-state index contributed by atoms with van der Waals surface area (Å²) >= 11 is 0. The fraction of sp³-hybridized carbons (Fsp3) is 0.0800. The fourth-order valence-corrected chi connectivity index (χ4v) is 3.36. The van der Waals surface area contributed by atoms with Gasteiger partial charge in [0.05, 0.1) is 30.2 Å². The molecule has 2 aromatic carbocycles. The maximum atomic E-state index is 14.4. The SMILES string of the molecule is COC(=O)c1cc(Oc2ncccc2C(F)(F)F)ccc1Nc1cnccc1-c1ccc(F)cc1F. The van der Waals surface area contributed by atoms with Crippen LogP contribution >= 0.6 is 0 Å². The fourth-order valence-electron chi connectivity index (χ4n) is 3.36. The van der Waals surface area contributed by atoms with Crippen molar-refractivity contribution >= 4 is 17.3 Å². The Morgan fingerprint density at radius 2 is 1.75 bits per heavy atom. The molecule has 36 heavy (non-hydrogen) atoms. The zero-order chi connectivity index (χ0) is 25.9. The van der Waals surface area contributed by atoms with E-state index in [0.29, 0.717) is 5.56 Å². The number of carbonyl (C=O) groups excluding carboxylic acids is 1.